The van der Waals surface area contributed by atoms with Crippen LogP contribution in [0.2, 0.25) is 0 Å². The molecule has 3 nitrogen and oxygen atoms in total. The van der Waals surface area contributed by atoms with Crippen LogP contribution >= 0.6 is 0 Å². The Kier molecular flexibility index (Phi) is 2.19. The van der Waals surface area contributed by atoms with Crippen molar-refractivity contribution in [2.45, 2.75) is 46.7 Å². The van der Waals surface area contributed by atoms with Crippen molar-refractivity contribution in [3.8, 4) is 0 Å². The second-order valence-corrected chi connectivity index (χ2v) is 5.17. The molecule has 1 rings (SSSR count). The van der Waals surface area contributed by atoms with Gasteiger partial charge in [0, 0.05) is 6.04 Å². The molecule has 3 heteroatoms. The smallest absolute Gasteiger partial charge is 0.236 e. The lowest BCUT2D eigenvalue weighted by Crippen LogP contribution is -2.41. The monoisotopic (exact) mass is 184 g/mol. The molecule has 0 aliphatic heterocycles. The Morgan fingerprint density at radius 1 is 1.31 bits per heavy atom. The fourth-order valence-electron chi connectivity index (χ4n) is 1.83. The van der Waals surface area contributed by atoms with Crippen molar-refractivity contribution < 1.29 is 4.79 Å². The third-order valence-corrected chi connectivity index (χ3v) is 3.72. The van der Waals surface area contributed by atoms with Gasteiger partial charge in [0.2, 0.25) is 5.91 Å². The maximum atomic E-state index is 11.3. The molecular weight excluding hydrogens is 164 g/mol. The molecule has 0 heterocycles. The second-order valence-electron chi connectivity index (χ2n) is 5.17. The summed E-state index contributed by atoms with van der Waals surface area (Å²) >= 11 is 0. The van der Waals surface area contributed by atoms with E-state index in [4.69, 9.17) is 5.73 Å². The Morgan fingerprint density at radius 3 is 1.92 bits per heavy atom. The maximum Gasteiger partial charge on any atom is 0.236 e. The summed E-state index contributed by atoms with van der Waals surface area (Å²) in [6.45, 7) is 10.4. The lowest BCUT2D eigenvalue weighted by Gasteiger charge is -2.08. The van der Waals surface area contributed by atoms with Gasteiger partial charge in [0.15, 0.2) is 0 Å². The van der Waals surface area contributed by atoms with Gasteiger partial charge in [-0.05, 0) is 17.8 Å². The highest BCUT2D eigenvalue weighted by atomic mass is 16.2. The third kappa shape index (κ3) is 1.46. The minimum atomic E-state index is -0.410. The Morgan fingerprint density at radius 2 is 1.69 bits per heavy atom. The summed E-state index contributed by atoms with van der Waals surface area (Å²) in [7, 11) is 0. The van der Waals surface area contributed by atoms with Gasteiger partial charge in [-0.15, -0.1) is 0 Å². The quantitative estimate of drug-likeness (QED) is 0.669. The highest BCUT2D eigenvalue weighted by molar-refractivity contribution is 5.82. The van der Waals surface area contributed by atoms with Crippen LogP contribution < -0.4 is 11.1 Å². The minimum absolute atomic E-state index is 0.0522. The fourth-order valence-corrected chi connectivity index (χ4v) is 1.83. The van der Waals surface area contributed by atoms with Crippen molar-refractivity contribution in [2.75, 3.05) is 0 Å². The van der Waals surface area contributed by atoms with Crippen LogP contribution in [-0.4, -0.2) is 18.0 Å². The van der Waals surface area contributed by atoms with Gasteiger partial charge in [-0.2, -0.15) is 0 Å². The summed E-state index contributed by atoms with van der Waals surface area (Å²) in [6, 6.07) is -0.148. The summed E-state index contributed by atoms with van der Waals surface area (Å²) in [5.41, 5.74) is 5.86. The van der Waals surface area contributed by atoms with Gasteiger partial charge in [0.25, 0.3) is 0 Å². The molecule has 1 fully saturated rings. The molecule has 76 valence electrons. The average molecular weight is 184 g/mol. The molecule has 1 atom stereocenters. The van der Waals surface area contributed by atoms with Crippen LogP contribution in [0.1, 0.15) is 34.6 Å². The number of hydrogen-bond donors (Lipinski definition) is 2. The standard InChI is InChI=1S/C10H20N2O/c1-6(11)7(13)12-8-9(2,3)10(8,4)5/h6,8H,11H2,1-5H3,(H,12,13)/t6-/m0/s1. The van der Waals surface area contributed by atoms with E-state index in [1.807, 2.05) is 0 Å². The summed E-state index contributed by atoms with van der Waals surface area (Å²) < 4.78 is 0. The van der Waals surface area contributed by atoms with Crippen LogP contribution in [0.5, 0.6) is 0 Å². The highest BCUT2D eigenvalue weighted by Gasteiger charge is 2.65. The number of nitrogens with one attached hydrogen (secondary N) is 1. The molecule has 0 spiro atoms. The summed E-state index contributed by atoms with van der Waals surface area (Å²) in [6.07, 6.45) is 0. The maximum absolute atomic E-state index is 11.3. The van der Waals surface area contributed by atoms with Gasteiger partial charge in [-0.3, -0.25) is 4.79 Å². The van der Waals surface area contributed by atoms with Crippen molar-refractivity contribution in [1.82, 2.24) is 5.32 Å². The van der Waals surface area contributed by atoms with Crippen molar-refractivity contribution in [1.29, 1.82) is 0 Å². The Balaban J connectivity index is 2.56. The molecule has 0 unspecified atom stereocenters. The molecule has 0 aromatic rings. The molecule has 1 amide bonds. The fraction of sp³-hybridized carbons (Fsp3) is 0.900. The molecule has 0 saturated heterocycles. The number of carbonyl (C=O) groups is 1. The van der Waals surface area contributed by atoms with E-state index in [2.05, 4.69) is 33.0 Å². The van der Waals surface area contributed by atoms with Gasteiger partial charge < -0.3 is 11.1 Å². The number of nitrogens with two attached hydrogens (primary N) is 1. The molecule has 13 heavy (non-hydrogen) atoms. The molecule has 0 bridgehead atoms. The van der Waals surface area contributed by atoms with Crippen LogP contribution in [0.4, 0.5) is 0 Å². The van der Waals surface area contributed by atoms with Gasteiger partial charge in [0.1, 0.15) is 0 Å². The zero-order valence-corrected chi connectivity index (χ0v) is 9.14. The molecule has 1 aliphatic carbocycles. The molecular formula is C10H20N2O. The molecule has 0 radical (unpaired) electrons. The number of amides is 1. The van der Waals surface area contributed by atoms with E-state index in [1.54, 1.807) is 6.92 Å². The van der Waals surface area contributed by atoms with Crippen LogP contribution in [-0.2, 0) is 4.79 Å². The topological polar surface area (TPSA) is 55.1 Å². The number of carbonyl (C=O) groups excluding carboxylic acids is 1. The highest BCUT2D eigenvalue weighted by Crippen LogP contribution is 2.62. The summed E-state index contributed by atoms with van der Waals surface area (Å²) in [4.78, 5) is 11.3. The second kappa shape index (κ2) is 2.71. The zero-order chi connectivity index (χ0) is 10.4. The van der Waals surface area contributed by atoms with E-state index in [0.29, 0.717) is 0 Å². The predicted molar refractivity (Wildman–Crippen MR) is 53.1 cm³/mol. The molecule has 0 aromatic heterocycles. The first-order valence-corrected chi connectivity index (χ1v) is 4.77. The van der Waals surface area contributed by atoms with Crippen molar-refractivity contribution >= 4 is 5.91 Å². The van der Waals surface area contributed by atoms with Crippen molar-refractivity contribution in [3.63, 3.8) is 0 Å². The zero-order valence-electron chi connectivity index (χ0n) is 9.14. The van der Waals surface area contributed by atoms with E-state index in [9.17, 15) is 4.79 Å². The SMILES string of the molecule is C[C@H](N)C(=O)NC1C(C)(C)C1(C)C. The third-order valence-electron chi connectivity index (χ3n) is 3.72. The molecule has 1 saturated carbocycles. The van der Waals surface area contributed by atoms with Gasteiger partial charge in [-0.1, -0.05) is 27.7 Å². The first-order valence-electron chi connectivity index (χ1n) is 4.77. The van der Waals surface area contributed by atoms with Gasteiger partial charge in [-0.25, -0.2) is 0 Å². The van der Waals surface area contributed by atoms with Crippen LogP contribution in [0.15, 0.2) is 0 Å². The predicted octanol–water partition coefficient (Wildman–Crippen LogP) is 0.884. The van der Waals surface area contributed by atoms with E-state index >= 15 is 0 Å². The largest absolute Gasteiger partial charge is 0.351 e. The minimum Gasteiger partial charge on any atom is -0.351 e. The summed E-state index contributed by atoms with van der Waals surface area (Å²) in [5, 5.41) is 2.97. The molecule has 1 aliphatic rings. The first kappa shape index (κ1) is 10.5. The first-order chi connectivity index (χ1) is 5.71. The van der Waals surface area contributed by atoms with Crippen LogP contribution in [0, 0.1) is 10.8 Å². The van der Waals surface area contributed by atoms with Crippen molar-refractivity contribution in [2.24, 2.45) is 16.6 Å². The molecule has 0 aromatic carbocycles. The van der Waals surface area contributed by atoms with Crippen LogP contribution in [0.25, 0.3) is 0 Å². The van der Waals surface area contributed by atoms with E-state index < -0.39 is 6.04 Å². The molecule has 3 N–H and O–H groups in total. The van der Waals surface area contributed by atoms with E-state index in [0.717, 1.165) is 0 Å². The van der Waals surface area contributed by atoms with Gasteiger partial charge >= 0.3 is 0 Å². The normalized spacial score (nSPS) is 26.6. The van der Waals surface area contributed by atoms with E-state index in [-0.39, 0.29) is 22.8 Å². The Hall–Kier alpha value is -0.570. The number of rotatable bonds is 2. The van der Waals surface area contributed by atoms with E-state index in [1.165, 1.54) is 0 Å². The van der Waals surface area contributed by atoms with Gasteiger partial charge in [0.05, 0.1) is 6.04 Å². The Bertz CT molecular complexity index is 217. The Labute approximate surface area is 80.1 Å². The summed E-state index contributed by atoms with van der Waals surface area (Å²) in [5.74, 6) is -0.0522. The lowest BCUT2D eigenvalue weighted by molar-refractivity contribution is -0.122. The average Bonchev–Trinajstić information content (AvgIpc) is 2.32. The van der Waals surface area contributed by atoms with Crippen molar-refractivity contribution in [3.05, 3.63) is 0 Å². The lowest BCUT2D eigenvalue weighted by atomic mass is 10.0. The van der Waals surface area contributed by atoms with Crippen LogP contribution in [0.3, 0.4) is 0 Å². The number of hydrogen-bond acceptors (Lipinski definition) is 2.